The number of thioether (sulfide) groups is 1. The van der Waals surface area contributed by atoms with Gasteiger partial charge in [0, 0.05) is 5.54 Å². The number of rotatable bonds is 7. The molecule has 0 unspecified atom stereocenters. The second-order valence-corrected chi connectivity index (χ2v) is 8.33. The van der Waals surface area contributed by atoms with Crippen LogP contribution in [0.2, 0.25) is 0 Å². The lowest BCUT2D eigenvalue weighted by Crippen LogP contribution is -2.46. The molecular formula is C22H33NO5S2. The predicted octanol–water partition coefficient (Wildman–Crippen LogP) is 5.60. The summed E-state index contributed by atoms with van der Waals surface area (Å²) in [6, 6.07) is 5.58. The molecule has 0 atom stereocenters. The van der Waals surface area contributed by atoms with Crippen LogP contribution in [0, 0.1) is 0 Å². The van der Waals surface area contributed by atoms with E-state index in [0.29, 0.717) is 20.7 Å². The van der Waals surface area contributed by atoms with E-state index in [4.69, 9.17) is 31.6 Å². The van der Waals surface area contributed by atoms with Gasteiger partial charge >= 0.3 is 0 Å². The molecule has 0 aliphatic carbocycles. The summed E-state index contributed by atoms with van der Waals surface area (Å²) in [4.78, 5) is 23.7. The van der Waals surface area contributed by atoms with Gasteiger partial charge in [-0.05, 0) is 44.0 Å². The normalized spacial score (nSPS) is 14.5. The van der Waals surface area contributed by atoms with E-state index in [1.807, 2.05) is 38.1 Å². The molecule has 1 N–H and O–H groups in total. The molecule has 30 heavy (non-hydrogen) atoms. The SMILES string of the molecule is CC.CCCCC(C)(C)N1C(=O)/C(=C/c2ccc(OC)c(OC)c2)SC1=S.O=CO. The molecule has 168 valence electrons. The molecule has 1 amide bonds. The van der Waals surface area contributed by atoms with E-state index >= 15 is 0 Å². The highest BCUT2D eigenvalue weighted by Crippen LogP contribution is 2.39. The monoisotopic (exact) mass is 455 g/mol. The van der Waals surface area contributed by atoms with Gasteiger partial charge in [0.1, 0.15) is 4.32 Å². The Labute approximate surface area is 189 Å². The summed E-state index contributed by atoms with van der Waals surface area (Å²) in [6.07, 6.45) is 4.95. The Morgan fingerprint density at radius 3 is 2.27 bits per heavy atom. The molecule has 1 aliphatic rings. The Hall–Kier alpha value is -2.06. The van der Waals surface area contributed by atoms with Crippen LogP contribution in [0.25, 0.3) is 6.08 Å². The van der Waals surface area contributed by atoms with Gasteiger partial charge in [0.15, 0.2) is 11.5 Å². The van der Waals surface area contributed by atoms with Crippen molar-refractivity contribution in [1.82, 2.24) is 4.90 Å². The number of benzene rings is 1. The molecule has 0 spiro atoms. The minimum absolute atomic E-state index is 0.0223. The zero-order chi connectivity index (χ0) is 23.3. The molecule has 0 radical (unpaired) electrons. The number of methoxy groups -OCH3 is 2. The molecule has 1 aromatic rings. The van der Waals surface area contributed by atoms with Gasteiger partial charge in [0.05, 0.1) is 19.1 Å². The van der Waals surface area contributed by atoms with E-state index in [9.17, 15) is 4.79 Å². The number of carbonyl (C=O) groups is 2. The third-order valence-electron chi connectivity index (χ3n) is 4.25. The lowest BCUT2D eigenvalue weighted by Gasteiger charge is -2.34. The Morgan fingerprint density at radius 1 is 1.20 bits per heavy atom. The van der Waals surface area contributed by atoms with Gasteiger partial charge in [0.2, 0.25) is 0 Å². The molecule has 1 heterocycles. The molecule has 2 rings (SSSR count). The zero-order valence-corrected chi connectivity index (χ0v) is 20.5. The average molecular weight is 456 g/mol. The maximum atomic E-state index is 12.9. The Kier molecular flexibility index (Phi) is 13.1. The van der Waals surface area contributed by atoms with E-state index < -0.39 is 0 Å². The fraction of sp³-hybridized carbons (Fsp3) is 0.500. The van der Waals surface area contributed by atoms with Crippen LogP contribution in [0.15, 0.2) is 23.1 Å². The standard InChI is InChI=1S/C19H25NO3S2.C2H6.CH2O2/c1-6-7-10-19(2,3)20-17(21)16(25-18(20)24)12-13-8-9-14(22-4)15(11-13)23-5;1-2;2-1-3/h8-9,11-12H,6-7,10H2,1-5H3;1-2H3;1H,(H,2,3)/b16-12-;;. The number of ether oxygens (including phenoxy) is 2. The summed E-state index contributed by atoms with van der Waals surface area (Å²) in [5.41, 5.74) is 0.606. The number of nitrogens with zero attached hydrogens (tertiary/aromatic N) is 1. The van der Waals surface area contributed by atoms with Crippen LogP contribution in [0.3, 0.4) is 0 Å². The molecule has 6 nitrogen and oxygen atoms in total. The number of thiocarbonyl (C=S) groups is 1. The van der Waals surface area contributed by atoms with Crippen molar-refractivity contribution in [3.05, 3.63) is 28.7 Å². The Bertz CT molecular complexity index is 747. The zero-order valence-electron chi connectivity index (χ0n) is 18.9. The number of unbranched alkanes of at least 4 members (excludes halogenated alkanes) is 1. The van der Waals surface area contributed by atoms with Crippen LogP contribution in [0.1, 0.15) is 59.4 Å². The van der Waals surface area contributed by atoms with E-state index in [2.05, 4.69) is 20.8 Å². The predicted molar refractivity (Wildman–Crippen MR) is 128 cm³/mol. The summed E-state index contributed by atoms with van der Waals surface area (Å²) in [7, 11) is 3.19. The third kappa shape index (κ3) is 7.65. The number of hydrogen-bond acceptors (Lipinski definition) is 6. The van der Waals surface area contributed by atoms with E-state index in [0.717, 1.165) is 24.8 Å². The fourth-order valence-electron chi connectivity index (χ4n) is 2.80. The molecule has 0 bridgehead atoms. The first-order valence-electron chi connectivity index (χ1n) is 9.83. The maximum Gasteiger partial charge on any atom is 0.290 e. The first-order chi connectivity index (χ1) is 14.2. The highest BCUT2D eigenvalue weighted by Gasteiger charge is 2.41. The fourth-order valence-corrected chi connectivity index (χ4v) is 4.39. The van der Waals surface area contributed by atoms with Crippen LogP contribution in [-0.2, 0) is 9.59 Å². The molecule has 1 fully saturated rings. The van der Waals surface area contributed by atoms with Crippen molar-refractivity contribution in [2.75, 3.05) is 14.2 Å². The Balaban J connectivity index is 0.00000154. The number of amides is 1. The van der Waals surface area contributed by atoms with Gasteiger partial charge in [0.25, 0.3) is 12.4 Å². The molecule has 1 saturated heterocycles. The van der Waals surface area contributed by atoms with Crippen molar-refractivity contribution < 1.29 is 24.2 Å². The van der Waals surface area contributed by atoms with Gasteiger partial charge in [-0.25, -0.2) is 0 Å². The Morgan fingerprint density at radius 2 is 1.77 bits per heavy atom. The lowest BCUT2D eigenvalue weighted by atomic mass is 9.95. The smallest absolute Gasteiger partial charge is 0.290 e. The van der Waals surface area contributed by atoms with E-state index in [-0.39, 0.29) is 17.9 Å². The van der Waals surface area contributed by atoms with Gasteiger partial charge in [-0.1, -0.05) is 63.7 Å². The van der Waals surface area contributed by atoms with Crippen molar-refractivity contribution in [3.8, 4) is 11.5 Å². The molecule has 1 aromatic carbocycles. The third-order valence-corrected chi connectivity index (χ3v) is 5.55. The van der Waals surface area contributed by atoms with Gasteiger partial charge in [-0.3, -0.25) is 14.5 Å². The van der Waals surface area contributed by atoms with E-state index in [1.54, 1.807) is 19.1 Å². The minimum Gasteiger partial charge on any atom is -0.493 e. The van der Waals surface area contributed by atoms with Crippen molar-refractivity contribution in [2.24, 2.45) is 0 Å². The number of hydrogen-bond donors (Lipinski definition) is 1. The quantitative estimate of drug-likeness (QED) is 0.326. The summed E-state index contributed by atoms with van der Waals surface area (Å²) < 4.78 is 11.2. The molecule has 0 aromatic heterocycles. The average Bonchev–Trinajstić information content (AvgIpc) is 3.02. The topological polar surface area (TPSA) is 76.1 Å². The summed E-state index contributed by atoms with van der Waals surface area (Å²) in [6.45, 7) is 10.1. The van der Waals surface area contributed by atoms with Crippen LogP contribution in [-0.4, -0.2) is 46.5 Å². The van der Waals surface area contributed by atoms with Gasteiger partial charge in [-0.15, -0.1) is 0 Å². The van der Waals surface area contributed by atoms with Crippen LogP contribution >= 0.6 is 24.0 Å². The highest BCUT2D eigenvalue weighted by molar-refractivity contribution is 8.26. The van der Waals surface area contributed by atoms with Crippen LogP contribution in [0.4, 0.5) is 0 Å². The van der Waals surface area contributed by atoms with Crippen molar-refractivity contribution in [3.63, 3.8) is 0 Å². The highest BCUT2D eigenvalue weighted by atomic mass is 32.2. The minimum atomic E-state index is -0.273. The van der Waals surface area contributed by atoms with Crippen molar-refractivity contribution in [1.29, 1.82) is 0 Å². The first-order valence-corrected chi connectivity index (χ1v) is 11.1. The summed E-state index contributed by atoms with van der Waals surface area (Å²) >= 11 is 6.84. The number of carbonyl (C=O) groups excluding carboxylic acids is 1. The molecule has 1 aliphatic heterocycles. The maximum absolute atomic E-state index is 12.9. The second-order valence-electron chi connectivity index (χ2n) is 6.65. The summed E-state index contributed by atoms with van der Waals surface area (Å²) in [5.74, 6) is 1.27. The largest absolute Gasteiger partial charge is 0.493 e. The molecular weight excluding hydrogens is 422 g/mol. The van der Waals surface area contributed by atoms with Gasteiger partial charge in [-0.2, -0.15) is 0 Å². The second kappa shape index (κ2) is 14.0. The van der Waals surface area contributed by atoms with Crippen molar-refractivity contribution in [2.45, 2.75) is 59.4 Å². The lowest BCUT2D eigenvalue weighted by molar-refractivity contribution is -0.125. The van der Waals surface area contributed by atoms with Gasteiger partial charge < -0.3 is 14.6 Å². The molecule has 8 heteroatoms. The first kappa shape index (κ1) is 27.9. The molecule has 0 saturated carbocycles. The van der Waals surface area contributed by atoms with Crippen molar-refractivity contribution >= 4 is 46.8 Å². The number of carboxylic acid groups (broad SMARTS) is 1. The van der Waals surface area contributed by atoms with Crippen LogP contribution < -0.4 is 9.47 Å². The van der Waals surface area contributed by atoms with Crippen LogP contribution in [0.5, 0.6) is 11.5 Å². The summed E-state index contributed by atoms with van der Waals surface area (Å²) in [5, 5.41) is 6.89. The van der Waals surface area contributed by atoms with E-state index in [1.165, 1.54) is 11.8 Å².